The van der Waals surface area contributed by atoms with Gasteiger partial charge in [-0.15, -0.1) is 0 Å². The third-order valence-corrected chi connectivity index (χ3v) is 3.03. The van der Waals surface area contributed by atoms with Crippen LogP contribution in [0.5, 0.6) is 0 Å². The van der Waals surface area contributed by atoms with Crippen LogP contribution in [-0.2, 0) is 11.3 Å². The van der Waals surface area contributed by atoms with Gasteiger partial charge in [-0.2, -0.15) is 0 Å². The van der Waals surface area contributed by atoms with Crippen LogP contribution in [-0.4, -0.2) is 5.97 Å². The van der Waals surface area contributed by atoms with E-state index in [0.717, 1.165) is 5.56 Å². The number of carbonyl (C=O) groups is 1. The van der Waals surface area contributed by atoms with Gasteiger partial charge in [-0.05, 0) is 37.3 Å². The molecule has 2 rings (SSSR count). The highest BCUT2D eigenvalue weighted by molar-refractivity contribution is 6.30. The molecule has 0 radical (unpaired) electrons. The number of nitrogen functional groups attached to an aromatic ring is 1. The molecule has 0 saturated heterocycles. The van der Waals surface area contributed by atoms with E-state index in [-0.39, 0.29) is 17.7 Å². The Balaban J connectivity index is 2.12. The minimum atomic E-state index is -0.592. The summed E-state index contributed by atoms with van der Waals surface area (Å²) in [5.74, 6) is -1.06. The molecular weight excluding hydrogens is 281 g/mol. The molecule has 20 heavy (non-hydrogen) atoms. The zero-order valence-electron chi connectivity index (χ0n) is 10.8. The number of anilines is 1. The van der Waals surface area contributed by atoms with E-state index in [4.69, 9.17) is 22.1 Å². The highest BCUT2D eigenvalue weighted by Crippen LogP contribution is 2.18. The van der Waals surface area contributed by atoms with Gasteiger partial charge in [-0.1, -0.05) is 23.2 Å². The third kappa shape index (κ3) is 3.27. The predicted molar refractivity (Wildman–Crippen MR) is 76.1 cm³/mol. The molecule has 5 heteroatoms. The maximum absolute atomic E-state index is 13.5. The molecule has 0 saturated carbocycles. The molecule has 0 unspecified atom stereocenters. The molecule has 0 fully saturated rings. The highest BCUT2D eigenvalue weighted by atomic mass is 35.5. The van der Waals surface area contributed by atoms with Gasteiger partial charge in [0.15, 0.2) is 0 Å². The number of ether oxygens (including phenoxy) is 1. The lowest BCUT2D eigenvalue weighted by atomic mass is 10.1. The normalized spacial score (nSPS) is 10.3. The summed E-state index contributed by atoms with van der Waals surface area (Å²) >= 11 is 5.77. The second-order valence-electron chi connectivity index (χ2n) is 4.40. The number of aryl methyl sites for hydroxylation is 1. The van der Waals surface area contributed by atoms with Crippen molar-refractivity contribution in [3.63, 3.8) is 0 Å². The Bertz CT molecular complexity index is 658. The quantitative estimate of drug-likeness (QED) is 0.693. The van der Waals surface area contributed by atoms with Crippen molar-refractivity contribution < 1.29 is 13.9 Å². The van der Waals surface area contributed by atoms with E-state index in [1.54, 1.807) is 18.2 Å². The van der Waals surface area contributed by atoms with E-state index in [9.17, 15) is 9.18 Å². The van der Waals surface area contributed by atoms with Gasteiger partial charge in [0.1, 0.15) is 12.4 Å². The molecular formula is C15H13ClFNO2. The lowest BCUT2D eigenvalue weighted by Crippen LogP contribution is -2.09. The van der Waals surface area contributed by atoms with Gasteiger partial charge in [-0.25, -0.2) is 9.18 Å². The molecule has 0 heterocycles. The first-order valence-corrected chi connectivity index (χ1v) is 6.32. The van der Waals surface area contributed by atoms with Gasteiger partial charge in [0.25, 0.3) is 0 Å². The molecule has 2 aromatic rings. The highest BCUT2D eigenvalue weighted by Gasteiger charge is 2.13. The summed E-state index contributed by atoms with van der Waals surface area (Å²) in [4.78, 5) is 11.9. The minimum Gasteiger partial charge on any atom is -0.457 e. The number of esters is 1. The zero-order valence-corrected chi connectivity index (χ0v) is 11.6. The predicted octanol–water partition coefficient (Wildman–Crippen LogP) is 3.73. The number of rotatable bonds is 3. The Hall–Kier alpha value is -2.07. The van der Waals surface area contributed by atoms with E-state index in [0.29, 0.717) is 10.7 Å². The van der Waals surface area contributed by atoms with Crippen LogP contribution in [0.15, 0.2) is 36.4 Å². The number of halogens is 2. The monoisotopic (exact) mass is 293 g/mol. The zero-order chi connectivity index (χ0) is 14.7. The SMILES string of the molecule is Cc1ccc(N)c(C(=O)OCc2cc(Cl)ccc2F)c1. The average Bonchev–Trinajstić information content (AvgIpc) is 2.42. The van der Waals surface area contributed by atoms with Gasteiger partial charge in [0.2, 0.25) is 0 Å². The Morgan fingerprint density at radius 3 is 2.80 bits per heavy atom. The van der Waals surface area contributed by atoms with Crippen molar-refractivity contribution in [1.82, 2.24) is 0 Å². The molecule has 0 atom stereocenters. The lowest BCUT2D eigenvalue weighted by Gasteiger charge is -2.08. The third-order valence-electron chi connectivity index (χ3n) is 2.80. The molecule has 0 aliphatic heterocycles. The summed E-state index contributed by atoms with van der Waals surface area (Å²) in [6.45, 7) is 1.64. The number of carbonyl (C=O) groups excluding carboxylic acids is 1. The van der Waals surface area contributed by atoms with Crippen molar-refractivity contribution in [2.45, 2.75) is 13.5 Å². The maximum atomic E-state index is 13.5. The molecule has 0 bridgehead atoms. The van der Waals surface area contributed by atoms with Crippen LogP contribution in [0.1, 0.15) is 21.5 Å². The Morgan fingerprint density at radius 1 is 1.30 bits per heavy atom. The summed E-state index contributed by atoms with van der Waals surface area (Å²) < 4.78 is 18.6. The topological polar surface area (TPSA) is 52.3 Å². The molecule has 0 aliphatic rings. The molecule has 2 N–H and O–H groups in total. The standard InChI is InChI=1S/C15H13ClFNO2/c1-9-2-5-14(18)12(6-9)15(19)20-8-10-7-11(16)3-4-13(10)17/h2-7H,8,18H2,1H3. The van der Waals surface area contributed by atoms with Crippen molar-refractivity contribution in [3.05, 3.63) is 63.9 Å². The maximum Gasteiger partial charge on any atom is 0.340 e. The van der Waals surface area contributed by atoms with E-state index < -0.39 is 11.8 Å². The number of nitrogens with two attached hydrogens (primary N) is 1. The summed E-state index contributed by atoms with van der Waals surface area (Å²) in [5.41, 5.74) is 7.42. The first-order valence-electron chi connectivity index (χ1n) is 5.94. The van der Waals surface area contributed by atoms with Crippen LogP contribution in [0.4, 0.5) is 10.1 Å². The smallest absolute Gasteiger partial charge is 0.340 e. The Labute approximate surface area is 121 Å². The van der Waals surface area contributed by atoms with Crippen LogP contribution in [0.3, 0.4) is 0 Å². The van der Waals surface area contributed by atoms with E-state index in [2.05, 4.69) is 0 Å². The van der Waals surface area contributed by atoms with Crippen LogP contribution < -0.4 is 5.73 Å². The molecule has 2 aromatic carbocycles. The van der Waals surface area contributed by atoms with Crippen molar-refractivity contribution in [2.24, 2.45) is 0 Å². The lowest BCUT2D eigenvalue weighted by molar-refractivity contribution is 0.0470. The fourth-order valence-corrected chi connectivity index (χ4v) is 1.92. The molecule has 104 valence electrons. The first-order chi connectivity index (χ1) is 9.47. The Kier molecular flexibility index (Phi) is 4.25. The molecule has 0 spiro atoms. The number of benzene rings is 2. The fraction of sp³-hybridized carbons (Fsp3) is 0.133. The number of hydrogen-bond acceptors (Lipinski definition) is 3. The van der Waals surface area contributed by atoms with Gasteiger partial charge < -0.3 is 10.5 Å². The summed E-state index contributed by atoms with van der Waals surface area (Å²) in [6, 6.07) is 9.14. The first kappa shape index (κ1) is 14.3. The fourth-order valence-electron chi connectivity index (χ4n) is 1.72. The summed E-state index contributed by atoms with van der Waals surface area (Å²) in [7, 11) is 0. The van der Waals surface area contributed by atoms with Crippen molar-refractivity contribution >= 4 is 23.3 Å². The van der Waals surface area contributed by atoms with E-state index in [1.807, 2.05) is 6.92 Å². The Morgan fingerprint density at radius 2 is 2.05 bits per heavy atom. The molecule has 0 amide bonds. The van der Waals surface area contributed by atoms with Gasteiger partial charge in [0.05, 0.1) is 5.56 Å². The van der Waals surface area contributed by atoms with Crippen LogP contribution in [0, 0.1) is 12.7 Å². The van der Waals surface area contributed by atoms with Crippen molar-refractivity contribution in [1.29, 1.82) is 0 Å². The van der Waals surface area contributed by atoms with Gasteiger partial charge >= 0.3 is 5.97 Å². The minimum absolute atomic E-state index is 0.196. The molecule has 3 nitrogen and oxygen atoms in total. The summed E-state index contributed by atoms with van der Waals surface area (Å²) in [5, 5.41) is 0.382. The number of hydrogen-bond donors (Lipinski definition) is 1. The van der Waals surface area contributed by atoms with Gasteiger partial charge in [-0.3, -0.25) is 0 Å². The second kappa shape index (κ2) is 5.92. The van der Waals surface area contributed by atoms with Crippen LogP contribution in [0.2, 0.25) is 5.02 Å². The van der Waals surface area contributed by atoms with Gasteiger partial charge in [0, 0.05) is 16.3 Å². The molecule has 0 aliphatic carbocycles. The second-order valence-corrected chi connectivity index (χ2v) is 4.84. The van der Waals surface area contributed by atoms with Crippen molar-refractivity contribution in [2.75, 3.05) is 5.73 Å². The molecule has 0 aromatic heterocycles. The van der Waals surface area contributed by atoms with Crippen molar-refractivity contribution in [3.8, 4) is 0 Å². The van der Waals surface area contributed by atoms with Crippen LogP contribution in [0.25, 0.3) is 0 Å². The average molecular weight is 294 g/mol. The van der Waals surface area contributed by atoms with Crippen LogP contribution >= 0.6 is 11.6 Å². The van der Waals surface area contributed by atoms with E-state index in [1.165, 1.54) is 18.2 Å². The summed E-state index contributed by atoms with van der Waals surface area (Å²) in [6.07, 6.45) is 0. The largest absolute Gasteiger partial charge is 0.457 e. The van der Waals surface area contributed by atoms with E-state index >= 15 is 0 Å².